The maximum absolute atomic E-state index is 12.3. The van der Waals surface area contributed by atoms with Gasteiger partial charge in [-0.2, -0.15) is 0 Å². The number of aryl methyl sites for hydroxylation is 1. The van der Waals surface area contributed by atoms with E-state index in [4.69, 9.17) is 13.6 Å². The number of hydrogen-bond acceptors (Lipinski definition) is 4. The van der Waals surface area contributed by atoms with Crippen LogP contribution in [0, 0.1) is 0 Å². The lowest BCUT2D eigenvalue weighted by Crippen LogP contribution is -2.20. The quantitative estimate of drug-likeness (QED) is 0.582. The predicted molar refractivity (Wildman–Crippen MR) is 118 cm³/mol. The largest absolute Gasteiger partial charge is 0.496 e. The molecule has 1 heterocycles. The number of carboxylic acids is 1. The van der Waals surface area contributed by atoms with Crippen molar-refractivity contribution < 1.29 is 28.3 Å². The number of nitrogens with zero attached hydrogens (tertiary/aromatic N) is 1. The molecule has 0 saturated heterocycles. The van der Waals surface area contributed by atoms with E-state index in [0.717, 1.165) is 42.1 Å². The van der Waals surface area contributed by atoms with Crippen molar-refractivity contribution in [2.45, 2.75) is 38.2 Å². The van der Waals surface area contributed by atoms with E-state index in [2.05, 4.69) is 5.32 Å². The van der Waals surface area contributed by atoms with Crippen LogP contribution in [0.15, 0.2) is 42.5 Å². The van der Waals surface area contributed by atoms with Crippen molar-refractivity contribution in [3.63, 3.8) is 0 Å². The highest BCUT2D eigenvalue weighted by atomic mass is 16.6. The molecule has 1 aliphatic carbocycles. The molecule has 2 N–H and O–H groups in total. The number of fused-ring (bicyclic) bond motifs is 1. The van der Waals surface area contributed by atoms with Gasteiger partial charge in [-0.25, -0.2) is 9.59 Å². The molecule has 3 aromatic rings. The first-order chi connectivity index (χ1) is 16.2. The van der Waals surface area contributed by atoms with Crippen LogP contribution >= 0.6 is 0 Å². The maximum atomic E-state index is 12.3. The third-order valence-corrected chi connectivity index (χ3v) is 5.53. The standard InChI is InChI=1S/C24H26N2O5/c1-26-14-17(11-15-7-8-16(23(27)28)12-22(15)30-2)20-13-18(9-10-21(20)26)25-24(29)31-19-5-3-4-6-19/h7-10,12-14,19H,3-6,11H2,1-2H3,(H,25,29)(H,27,28)/i7D,8D,12D. The highest BCUT2D eigenvalue weighted by Gasteiger charge is 2.19. The van der Waals surface area contributed by atoms with Gasteiger partial charge in [0.1, 0.15) is 11.9 Å². The molecule has 0 atom stereocenters. The summed E-state index contributed by atoms with van der Waals surface area (Å²) in [5.41, 5.74) is 1.92. The van der Waals surface area contributed by atoms with Crippen LogP contribution < -0.4 is 10.1 Å². The van der Waals surface area contributed by atoms with Gasteiger partial charge in [-0.3, -0.25) is 5.32 Å². The van der Waals surface area contributed by atoms with Crippen LogP contribution in [0.1, 0.15) is 51.3 Å². The van der Waals surface area contributed by atoms with Gasteiger partial charge in [-0.1, -0.05) is 6.04 Å². The number of carbonyl (C=O) groups is 2. The van der Waals surface area contributed by atoms with E-state index in [1.165, 1.54) is 7.11 Å². The molecule has 0 radical (unpaired) electrons. The van der Waals surface area contributed by atoms with Gasteiger partial charge in [-0.15, -0.1) is 0 Å². The lowest BCUT2D eigenvalue weighted by molar-refractivity contribution is 0.0696. The van der Waals surface area contributed by atoms with Crippen LogP contribution in [0.3, 0.4) is 0 Å². The van der Waals surface area contributed by atoms with E-state index < -0.39 is 29.7 Å². The summed E-state index contributed by atoms with van der Waals surface area (Å²) < 4.78 is 37.4. The van der Waals surface area contributed by atoms with Crippen LogP contribution in [-0.2, 0) is 18.2 Å². The Balaban J connectivity index is 1.69. The van der Waals surface area contributed by atoms with E-state index in [-0.39, 0.29) is 29.9 Å². The fraction of sp³-hybridized carbons (Fsp3) is 0.333. The van der Waals surface area contributed by atoms with Gasteiger partial charge >= 0.3 is 12.1 Å². The summed E-state index contributed by atoms with van der Waals surface area (Å²) in [4.78, 5) is 23.8. The van der Waals surface area contributed by atoms with Crippen LogP contribution in [0.4, 0.5) is 10.5 Å². The number of carbonyl (C=O) groups excluding carboxylic acids is 1. The number of rotatable bonds is 6. The van der Waals surface area contributed by atoms with Crippen molar-refractivity contribution in [1.29, 1.82) is 0 Å². The summed E-state index contributed by atoms with van der Waals surface area (Å²) in [5, 5.41) is 13.0. The lowest BCUT2D eigenvalue weighted by atomic mass is 10.0. The number of methoxy groups -OCH3 is 1. The molecule has 2 aromatic carbocycles. The summed E-state index contributed by atoms with van der Waals surface area (Å²) in [6.45, 7) is 0. The minimum atomic E-state index is -1.45. The molecule has 4 rings (SSSR count). The van der Waals surface area contributed by atoms with Gasteiger partial charge in [0.05, 0.1) is 16.8 Å². The molecule has 1 aliphatic rings. The monoisotopic (exact) mass is 425 g/mol. The molecule has 1 saturated carbocycles. The third-order valence-electron chi connectivity index (χ3n) is 5.53. The SMILES string of the molecule is [2H]c1c([2H])c(C(=O)O)c([2H])c(OC)c1Cc1cn(C)c2ccc(NC(=O)OC3CCCC3)cc12. The average Bonchev–Trinajstić information content (AvgIpc) is 3.39. The van der Waals surface area contributed by atoms with E-state index in [1.807, 2.05) is 29.9 Å². The zero-order chi connectivity index (χ0) is 24.6. The van der Waals surface area contributed by atoms with Crippen molar-refractivity contribution in [2.24, 2.45) is 7.05 Å². The van der Waals surface area contributed by atoms with Crippen LogP contribution in [-0.4, -0.2) is 34.9 Å². The van der Waals surface area contributed by atoms with Crippen molar-refractivity contribution in [3.05, 3.63) is 59.2 Å². The number of ether oxygens (including phenoxy) is 2. The molecule has 0 bridgehead atoms. The van der Waals surface area contributed by atoms with Crippen molar-refractivity contribution >= 4 is 28.7 Å². The summed E-state index contributed by atoms with van der Waals surface area (Å²) >= 11 is 0. The van der Waals surface area contributed by atoms with Crippen LogP contribution in [0.2, 0.25) is 0 Å². The van der Waals surface area contributed by atoms with E-state index in [1.54, 1.807) is 6.07 Å². The van der Waals surface area contributed by atoms with Gasteiger partial charge in [0.25, 0.3) is 0 Å². The maximum Gasteiger partial charge on any atom is 0.411 e. The molecule has 162 valence electrons. The Morgan fingerprint density at radius 2 is 2.03 bits per heavy atom. The Labute approximate surface area is 184 Å². The van der Waals surface area contributed by atoms with Gasteiger partial charge in [0, 0.05) is 36.3 Å². The highest BCUT2D eigenvalue weighted by Crippen LogP contribution is 2.30. The van der Waals surface area contributed by atoms with Crippen molar-refractivity contribution in [1.82, 2.24) is 4.57 Å². The molecular weight excluding hydrogens is 396 g/mol. The Bertz CT molecular complexity index is 1280. The molecule has 0 aliphatic heterocycles. The number of hydrogen-bond donors (Lipinski definition) is 2. The van der Waals surface area contributed by atoms with Crippen LogP contribution in [0.25, 0.3) is 10.9 Å². The fourth-order valence-electron chi connectivity index (χ4n) is 4.01. The Kier molecular flexibility index (Phi) is 4.84. The lowest BCUT2D eigenvalue weighted by Gasteiger charge is -2.12. The number of benzene rings is 2. The number of aromatic carboxylic acids is 1. The minimum absolute atomic E-state index is 0.0372. The molecular formula is C24H26N2O5. The minimum Gasteiger partial charge on any atom is -0.496 e. The molecule has 1 fully saturated rings. The van der Waals surface area contributed by atoms with Crippen LogP contribution in [0.5, 0.6) is 5.75 Å². The zero-order valence-corrected chi connectivity index (χ0v) is 17.4. The normalized spacial score (nSPS) is 15.4. The third kappa shape index (κ3) is 4.50. The van der Waals surface area contributed by atoms with E-state index in [9.17, 15) is 14.7 Å². The topological polar surface area (TPSA) is 89.8 Å². The fourth-order valence-corrected chi connectivity index (χ4v) is 4.01. The summed E-state index contributed by atoms with van der Waals surface area (Å²) in [6, 6.07) is 4.21. The highest BCUT2D eigenvalue weighted by molar-refractivity contribution is 5.92. The Morgan fingerprint density at radius 1 is 1.26 bits per heavy atom. The summed E-state index contributed by atoms with van der Waals surface area (Å²) in [5.74, 6) is -1.48. The number of nitrogens with one attached hydrogen (secondary N) is 1. The van der Waals surface area contributed by atoms with Gasteiger partial charge in [0.2, 0.25) is 0 Å². The summed E-state index contributed by atoms with van der Waals surface area (Å²) in [6.07, 6.45) is 5.34. The second-order valence-corrected chi connectivity index (χ2v) is 7.68. The second-order valence-electron chi connectivity index (χ2n) is 7.68. The Hall–Kier alpha value is -3.48. The molecule has 0 unspecified atom stereocenters. The smallest absolute Gasteiger partial charge is 0.411 e. The number of carboxylic acid groups (broad SMARTS) is 1. The van der Waals surface area contributed by atoms with E-state index >= 15 is 0 Å². The average molecular weight is 425 g/mol. The molecule has 1 aromatic heterocycles. The van der Waals surface area contributed by atoms with Crippen molar-refractivity contribution in [3.8, 4) is 5.75 Å². The van der Waals surface area contributed by atoms with Gasteiger partial charge in [0.15, 0.2) is 0 Å². The number of aromatic nitrogens is 1. The first-order valence-corrected chi connectivity index (χ1v) is 10.2. The molecule has 7 heteroatoms. The van der Waals surface area contributed by atoms with Crippen molar-refractivity contribution in [2.75, 3.05) is 12.4 Å². The molecule has 1 amide bonds. The number of anilines is 1. The predicted octanol–water partition coefficient (Wildman–Crippen LogP) is 4.97. The molecule has 0 spiro atoms. The summed E-state index contributed by atoms with van der Waals surface area (Å²) in [7, 11) is 3.18. The van der Waals surface area contributed by atoms with Gasteiger partial charge < -0.3 is 19.1 Å². The molecule has 31 heavy (non-hydrogen) atoms. The number of amides is 1. The first-order valence-electron chi connectivity index (χ1n) is 11.7. The zero-order valence-electron chi connectivity index (χ0n) is 20.4. The van der Waals surface area contributed by atoms with E-state index in [0.29, 0.717) is 5.69 Å². The Morgan fingerprint density at radius 3 is 2.74 bits per heavy atom. The van der Waals surface area contributed by atoms with Gasteiger partial charge in [-0.05, 0) is 67.1 Å². The molecule has 7 nitrogen and oxygen atoms in total. The first kappa shape index (κ1) is 17.2. The second kappa shape index (κ2) is 8.71.